The maximum absolute atomic E-state index is 6.45. The van der Waals surface area contributed by atoms with Crippen LogP contribution in [0.1, 0.15) is 13.8 Å². The second-order valence-corrected chi connectivity index (χ2v) is 5.21. The summed E-state index contributed by atoms with van der Waals surface area (Å²) in [5, 5.41) is 0. The molecule has 2 atom stereocenters. The molecular weight excluding hydrogens is 328 g/mol. The SMILES string of the molecule is C=CCN1c2ccccc2[NH+](CCN(CC)CC)C1N.[Br-]. The van der Waals surface area contributed by atoms with Crippen molar-refractivity contribution in [3.63, 3.8) is 0 Å². The van der Waals surface area contributed by atoms with Crippen LogP contribution in [0, 0.1) is 0 Å². The number of rotatable bonds is 7. The Morgan fingerprint density at radius 2 is 2.00 bits per heavy atom. The van der Waals surface area contributed by atoms with E-state index in [9.17, 15) is 0 Å². The van der Waals surface area contributed by atoms with Gasteiger partial charge < -0.3 is 21.9 Å². The lowest BCUT2D eigenvalue weighted by molar-refractivity contribution is -0.852. The fraction of sp³-hybridized carbons (Fsp3) is 0.500. The summed E-state index contributed by atoms with van der Waals surface area (Å²) in [6.45, 7) is 13.4. The van der Waals surface area contributed by atoms with Crippen LogP contribution in [0.15, 0.2) is 36.9 Å². The highest BCUT2D eigenvalue weighted by Crippen LogP contribution is 2.27. The van der Waals surface area contributed by atoms with Gasteiger partial charge in [-0.05, 0) is 19.2 Å². The van der Waals surface area contributed by atoms with Crippen LogP contribution >= 0.6 is 0 Å². The third kappa shape index (κ3) is 3.86. The van der Waals surface area contributed by atoms with Crippen LogP contribution in [-0.2, 0) is 0 Å². The number of fused-ring (bicyclic) bond motifs is 1. The minimum absolute atomic E-state index is 0. The molecule has 0 saturated heterocycles. The molecule has 2 unspecified atom stereocenters. The largest absolute Gasteiger partial charge is 1.00 e. The minimum Gasteiger partial charge on any atom is -1.00 e. The first-order valence-corrected chi connectivity index (χ1v) is 7.53. The lowest BCUT2D eigenvalue weighted by atomic mass is 10.2. The smallest absolute Gasteiger partial charge is 0.224 e. The highest BCUT2D eigenvalue weighted by Gasteiger charge is 2.37. The van der Waals surface area contributed by atoms with E-state index in [4.69, 9.17) is 5.73 Å². The van der Waals surface area contributed by atoms with E-state index in [0.29, 0.717) is 0 Å². The molecule has 0 spiro atoms. The number of nitrogens with two attached hydrogens (primary N) is 1. The zero-order chi connectivity index (χ0) is 14.5. The summed E-state index contributed by atoms with van der Waals surface area (Å²) in [4.78, 5) is 6.03. The molecular formula is C16H27BrN4. The molecule has 21 heavy (non-hydrogen) atoms. The monoisotopic (exact) mass is 354 g/mol. The predicted molar refractivity (Wildman–Crippen MR) is 85.2 cm³/mol. The molecule has 1 aliphatic rings. The summed E-state index contributed by atoms with van der Waals surface area (Å²) >= 11 is 0. The maximum atomic E-state index is 6.45. The summed E-state index contributed by atoms with van der Waals surface area (Å²) in [5.41, 5.74) is 9.01. The topological polar surface area (TPSA) is 36.9 Å². The van der Waals surface area contributed by atoms with Crippen molar-refractivity contribution in [1.82, 2.24) is 4.90 Å². The first-order valence-electron chi connectivity index (χ1n) is 7.53. The number of quaternary nitrogens is 1. The zero-order valence-electron chi connectivity index (χ0n) is 13.1. The van der Waals surface area contributed by atoms with Gasteiger partial charge in [-0.3, -0.25) is 15.5 Å². The van der Waals surface area contributed by atoms with Crippen LogP contribution < -0.4 is 32.5 Å². The summed E-state index contributed by atoms with van der Waals surface area (Å²) in [5.74, 6) is 0. The van der Waals surface area contributed by atoms with Gasteiger partial charge in [0.1, 0.15) is 5.69 Å². The maximum Gasteiger partial charge on any atom is 0.224 e. The van der Waals surface area contributed by atoms with Gasteiger partial charge >= 0.3 is 0 Å². The number of nitrogens with zero attached hydrogens (tertiary/aromatic N) is 2. The molecule has 2 rings (SSSR count). The van der Waals surface area contributed by atoms with Gasteiger partial charge in [-0.2, -0.15) is 0 Å². The number of likely N-dealkylation sites (N-methyl/N-ethyl adjacent to an activating group) is 1. The highest BCUT2D eigenvalue weighted by atomic mass is 79.9. The van der Waals surface area contributed by atoms with E-state index < -0.39 is 0 Å². The van der Waals surface area contributed by atoms with Crippen molar-refractivity contribution in [3.8, 4) is 0 Å². The van der Waals surface area contributed by atoms with Crippen LogP contribution in [0.3, 0.4) is 0 Å². The van der Waals surface area contributed by atoms with Gasteiger partial charge in [0, 0.05) is 19.2 Å². The molecule has 1 aromatic carbocycles. The Balaban J connectivity index is 0.00000220. The third-order valence-corrected chi connectivity index (χ3v) is 4.17. The van der Waals surface area contributed by atoms with Crippen molar-refractivity contribution >= 4 is 11.4 Å². The zero-order valence-corrected chi connectivity index (χ0v) is 14.6. The van der Waals surface area contributed by atoms with Gasteiger partial charge in [-0.1, -0.05) is 32.1 Å². The third-order valence-electron chi connectivity index (χ3n) is 4.17. The Hall–Kier alpha value is -0.880. The summed E-state index contributed by atoms with van der Waals surface area (Å²) < 4.78 is 0. The first-order chi connectivity index (χ1) is 9.72. The van der Waals surface area contributed by atoms with E-state index in [1.54, 1.807) is 0 Å². The van der Waals surface area contributed by atoms with Crippen LogP contribution in [0.5, 0.6) is 0 Å². The van der Waals surface area contributed by atoms with E-state index in [0.717, 1.165) is 32.7 Å². The minimum atomic E-state index is -0.0130. The van der Waals surface area contributed by atoms with Gasteiger partial charge in [0.25, 0.3) is 0 Å². The number of anilines is 1. The van der Waals surface area contributed by atoms with Gasteiger partial charge in [0.05, 0.1) is 6.54 Å². The van der Waals surface area contributed by atoms with Crippen molar-refractivity contribution < 1.29 is 21.9 Å². The fourth-order valence-electron chi connectivity index (χ4n) is 2.94. The molecule has 3 N–H and O–H groups in total. The van der Waals surface area contributed by atoms with Crippen molar-refractivity contribution in [2.24, 2.45) is 5.73 Å². The number of hydrogen-bond acceptors (Lipinski definition) is 3. The lowest BCUT2D eigenvalue weighted by Crippen LogP contribution is -3.14. The van der Waals surface area contributed by atoms with E-state index in [2.05, 4.69) is 54.5 Å². The van der Waals surface area contributed by atoms with Crippen molar-refractivity contribution in [1.29, 1.82) is 0 Å². The molecule has 0 fully saturated rings. The first kappa shape index (κ1) is 18.2. The Morgan fingerprint density at radius 3 is 2.62 bits per heavy atom. The van der Waals surface area contributed by atoms with Gasteiger partial charge in [-0.25, -0.2) is 0 Å². The summed E-state index contributed by atoms with van der Waals surface area (Å²) in [6.07, 6.45) is 1.91. The Morgan fingerprint density at radius 1 is 1.33 bits per heavy atom. The molecule has 0 aliphatic carbocycles. The number of nitrogens with one attached hydrogen (secondary N) is 1. The molecule has 4 nitrogen and oxygen atoms in total. The molecule has 0 saturated carbocycles. The Kier molecular flexibility index (Phi) is 7.39. The lowest BCUT2D eigenvalue weighted by Gasteiger charge is -2.26. The van der Waals surface area contributed by atoms with Gasteiger partial charge in [-0.15, -0.1) is 6.58 Å². The highest BCUT2D eigenvalue weighted by molar-refractivity contribution is 5.65. The summed E-state index contributed by atoms with van der Waals surface area (Å²) in [7, 11) is 0. The van der Waals surface area contributed by atoms with Crippen LogP contribution in [0.4, 0.5) is 11.4 Å². The van der Waals surface area contributed by atoms with E-state index in [1.165, 1.54) is 16.3 Å². The second kappa shape index (κ2) is 8.54. The van der Waals surface area contributed by atoms with E-state index in [-0.39, 0.29) is 23.3 Å². The molecule has 5 heteroatoms. The van der Waals surface area contributed by atoms with Crippen LogP contribution in [-0.4, -0.2) is 43.9 Å². The van der Waals surface area contributed by atoms with Crippen molar-refractivity contribution in [2.45, 2.75) is 20.1 Å². The molecule has 0 amide bonds. The normalized spacial score (nSPS) is 20.3. The van der Waals surface area contributed by atoms with Gasteiger partial charge in [0.2, 0.25) is 6.29 Å². The van der Waals surface area contributed by atoms with E-state index in [1.807, 2.05) is 6.08 Å². The van der Waals surface area contributed by atoms with Crippen LogP contribution in [0.25, 0.3) is 0 Å². The number of benzene rings is 1. The average Bonchev–Trinajstić information content (AvgIpc) is 2.74. The number of halogens is 1. The molecule has 0 radical (unpaired) electrons. The Bertz CT molecular complexity index is 448. The molecule has 1 heterocycles. The molecule has 1 aromatic rings. The van der Waals surface area contributed by atoms with Crippen molar-refractivity contribution in [3.05, 3.63) is 36.9 Å². The quantitative estimate of drug-likeness (QED) is 0.545. The molecule has 0 aromatic heterocycles. The number of hydrogen-bond donors (Lipinski definition) is 2. The standard InChI is InChI=1S/C16H26N4.BrH/c1-4-11-19-14-9-7-8-10-15(14)20(16(19)17)13-12-18(5-2)6-3;/h4,7-10,16H,1,5-6,11-13,17H2,2-3H3;1H. The average molecular weight is 355 g/mol. The number of para-hydroxylation sites is 2. The fourth-order valence-corrected chi connectivity index (χ4v) is 2.94. The summed E-state index contributed by atoms with van der Waals surface area (Å²) in [6, 6.07) is 8.52. The van der Waals surface area contributed by atoms with Crippen LogP contribution in [0.2, 0.25) is 0 Å². The Labute approximate surface area is 139 Å². The second-order valence-electron chi connectivity index (χ2n) is 5.21. The van der Waals surface area contributed by atoms with E-state index >= 15 is 0 Å². The van der Waals surface area contributed by atoms with Gasteiger partial charge in [0.15, 0.2) is 5.69 Å². The molecule has 0 bridgehead atoms. The molecule has 118 valence electrons. The molecule has 1 aliphatic heterocycles. The van der Waals surface area contributed by atoms with Crippen molar-refractivity contribution in [2.75, 3.05) is 37.6 Å². The predicted octanol–water partition coefficient (Wildman–Crippen LogP) is -2.20.